The molecule has 0 aliphatic carbocycles. The Morgan fingerprint density at radius 3 is 2.65 bits per heavy atom. The SMILES string of the molecule is CCOC(=O)C1=C(COC)Nc2ncnn2C1c1ccc(OCC)cc1. The fourth-order valence-electron chi connectivity index (χ4n) is 2.94. The zero-order valence-electron chi connectivity index (χ0n) is 15.1. The molecule has 1 aliphatic heterocycles. The van der Waals surface area contributed by atoms with Crippen LogP contribution in [0, 0.1) is 0 Å². The van der Waals surface area contributed by atoms with Crippen molar-refractivity contribution in [3.63, 3.8) is 0 Å². The molecule has 2 heterocycles. The summed E-state index contributed by atoms with van der Waals surface area (Å²) in [6.45, 7) is 4.81. The molecule has 3 rings (SSSR count). The van der Waals surface area contributed by atoms with Crippen molar-refractivity contribution in [1.29, 1.82) is 0 Å². The van der Waals surface area contributed by atoms with E-state index in [9.17, 15) is 4.79 Å². The summed E-state index contributed by atoms with van der Waals surface area (Å²) in [5.74, 6) is 0.902. The molecule has 0 radical (unpaired) electrons. The molecule has 26 heavy (non-hydrogen) atoms. The molecular weight excluding hydrogens is 336 g/mol. The number of benzene rings is 1. The molecule has 0 bridgehead atoms. The second-order valence-corrected chi connectivity index (χ2v) is 5.60. The Morgan fingerprint density at radius 1 is 1.23 bits per heavy atom. The molecular formula is C18H22N4O4. The van der Waals surface area contributed by atoms with Gasteiger partial charge in [-0.05, 0) is 31.5 Å². The van der Waals surface area contributed by atoms with E-state index < -0.39 is 12.0 Å². The van der Waals surface area contributed by atoms with Crippen molar-refractivity contribution in [1.82, 2.24) is 14.8 Å². The largest absolute Gasteiger partial charge is 0.494 e. The fourth-order valence-corrected chi connectivity index (χ4v) is 2.94. The maximum atomic E-state index is 12.7. The summed E-state index contributed by atoms with van der Waals surface area (Å²) in [5.41, 5.74) is 1.94. The van der Waals surface area contributed by atoms with E-state index >= 15 is 0 Å². The van der Waals surface area contributed by atoms with Crippen LogP contribution in [0.5, 0.6) is 5.75 Å². The van der Waals surface area contributed by atoms with E-state index in [1.54, 1.807) is 18.7 Å². The van der Waals surface area contributed by atoms with Crippen molar-refractivity contribution in [2.24, 2.45) is 0 Å². The van der Waals surface area contributed by atoms with E-state index in [0.29, 0.717) is 23.8 Å². The monoisotopic (exact) mass is 358 g/mol. The van der Waals surface area contributed by atoms with Crippen LogP contribution in [0.1, 0.15) is 25.5 Å². The average Bonchev–Trinajstić information content (AvgIpc) is 3.10. The summed E-state index contributed by atoms with van der Waals surface area (Å²) in [7, 11) is 1.57. The molecule has 1 unspecified atom stereocenters. The zero-order valence-corrected chi connectivity index (χ0v) is 15.1. The van der Waals surface area contributed by atoms with Crippen LogP contribution in [0.3, 0.4) is 0 Å². The first-order valence-electron chi connectivity index (χ1n) is 8.47. The van der Waals surface area contributed by atoms with Gasteiger partial charge < -0.3 is 19.5 Å². The second-order valence-electron chi connectivity index (χ2n) is 5.60. The van der Waals surface area contributed by atoms with E-state index in [4.69, 9.17) is 14.2 Å². The van der Waals surface area contributed by atoms with Gasteiger partial charge in [0, 0.05) is 7.11 Å². The highest BCUT2D eigenvalue weighted by molar-refractivity contribution is 5.92. The molecule has 8 nitrogen and oxygen atoms in total. The first-order valence-corrected chi connectivity index (χ1v) is 8.47. The number of esters is 1. The molecule has 1 aliphatic rings. The lowest BCUT2D eigenvalue weighted by Gasteiger charge is -2.29. The highest BCUT2D eigenvalue weighted by Crippen LogP contribution is 2.35. The summed E-state index contributed by atoms with van der Waals surface area (Å²) in [6.07, 6.45) is 1.45. The van der Waals surface area contributed by atoms with Crippen molar-refractivity contribution in [3.05, 3.63) is 47.4 Å². The molecule has 1 atom stereocenters. The van der Waals surface area contributed by atoms with E-state index in [-0.39, 0.29) is 13.2 Å². The van der Waals surface area contributed by atoms with Crippen LogP contribution in [0.25, 0.3) is 0 Å². The number of methoxy groups -OCH3 is 1. The number of hydrogen-bond acceptors (Lipinski definition) is 7. The van der Waals surface area contributed by atoms with Gasteiger partial charge in [-0.3, -0.25) is 0 Å². The van der Waals surface area contributed by atoms with Crippen LogP contribution in [0.4, 0.5) is 5.95 Å². The maximum Gasteiger partial charge on any atom is 0.338 e. The normalized spacial score (nSPS) is 16.0. The van der Waals surface area contributed by atoms with Crippen LogP contribution >= 0.6 is 0 Å². The van der Waals surface area contributed by atoms with Gasteiger partial charge in [-0.2, -0.15) is 10.1 Å². The van der Waals surface area contributed by atoms with Crippen LogP contribution in [0.15, 0.2) is 41.9 Å². The Morgan fingerprint density at radius 2 is 2.00 bits per heavy atom. The molecule has 0 saturated heterocycles. The number of nitrogens with zero attached hydrogens (tertiary/aromatic N) is 3. The summed E-state index contributed by atoms with van der Waals surface area (Å²) >= 11 is 0. The third-order valence-electron chi connectivity index (χ3n) is 3.97. The minimum atomic E-state index is -0.464. The predicted molar refractivity (Wildman–Crippen MR) is 94.9 cm³/mol. The van der Waals surface area contributed by atoms with Crippen LogP contribution < -0.4 is 10.1 Å². The van der Waals surface area contributed by atoms with Gasteiger partial charge in [0.1, 0.15) is 18.1 Å². The third-order valence-corrected chi connectivity index (χ3v) is 3.97. The lowest BCUT2D eigenvalue weighted by atomic mass is 9.95. The Bertz CT molecular complexity index is 798. The summed E-state index contributed by atoms with van der Waals surface area (Å²) < 4.78 is 17.7. The first kappa shape index (κ1) is 17.9. The first-order chi connectivity index (χ1) is 12.7. The van der Waals surface area contributed by atoms with Crippen molar-refractivity contribution in [3.8, 4) is 5.75 Å². The van der Waals surface area contributed by atoms with Crippen LogP contribution in [0.2, 0.25) is 0 Å². The number of carbonyl (C=O) groups is 1. The molecule has 1 aromatic heterocycles. The quantitative estimate of drug-likeness (QED) is 0.759. The Kier molecular flexibility index (Phi) is 5.52. The lowest BCUT2D eigenvalue weighted by molar-refractivity contribution is -0.139. The van der Waals surface area contributed by atoms with Crippen molar-refractivity contribution in [2.45, 2.75) is 19.9 Å². The van der Waals surface area contributed by atoms with Crippen molar-refractivity contribution < 1.29 is 19.0 Å². The highest BCUT2D eigenvalue weighted by atomic mass is 16.5. The van der Waals surface area contributed by atoms with Gasteiger partial charge >= 0.3 is 5.97 Å². The van der Waals surface area contributed by atoms with Gasteiger partial charge in [-0.25, -0.2) is 9.48 Å². The number of aromatic nitrogens is 3. The number of carbonyl (C=O) groups excluding carboxylic acids is 1. The van der Waals surface area contributed by atoms with Gasteiger partial charge in [0.2, 0.25) is 5.95 Å². The zero-order chi connectivity index (χ0) is 18.5. The second kappa shape index (κ2) is 8.01. The fraction of sp³-hybridized carbons (Fsp3) is 0.389. The van der Waals surface area contributed by atoms with Crippen LogP contribution in [-0.4, -0.2) is 47.7 Å². The van der Waals surface area contributed by atoms with E-state index in [1.165, 1.54) is 6.33 Å². The standard InChI is InChI=1S/C18H22N4O4/c1-4-25-13-8-6-12(7-9-13)16-15(17(23)26-5-2)14(10-24-3)21-18-19-11-20-22(16)18/h6-9,11,16H,4-5,10H2,1-3H3,(H,19,20,21). The predicted octanol–water partition coefficient (Wildman–Crippen LogP) is 2.16. The molecule has 0 spiro atoms. The number of nitrogens with one attached hydrogen (secondary N) is 1. The number of rotatable bonds is 7. The number of hydrogen-bond donors (Lipinski definition) is 1. The van der Waals surface area contributed by atoms with Crippen molar-refractivity contribution >= 4 is 11.9 Å². The molecule has 0 saturated carbocycles. The van der Waals surface area contributed by atoms with Crippen molar-refractivity contribution in [2.75, 3.05) is 32.2 Å². The average molecular weight is 358 g/mol. The van der Waals surface area contributed by atoms with E-state index in [0.717, 1.165) is 11.3 Å². The molecule has 1 aromatic carbocycles. The van der Waals surface area contributed by atoms with Gasteiger partial charge in [-0.15, -0.1) is 0 Å². The van der Waals surface area contributed by atoms with Gasteiger partial charge in [0.25, 0.3) is 0 Å². The Labute approximate surface area is 151 Å². The smallest absolute Gasteiger partial charge is 0.338 e. The molecule has 1 N–H and O–H groups in total. The molecule has 2 aromatic rings. The summed E-state index contributed by atoms with van der Waals surface area (Å²) in [6, 6.07) is 7.10. The summed E-state index contributed by atoms with van der Waals surface area (Å²) in [5, 5.41) is 7.41. The van der Waals surface area contributed by atoms with E-state index in [1.807, 2.05) is 31.2 Å². The van der Waals surface area contributed by atoms with Gasteiger partial charge in [-0.1, -0.05) is 12.1 Å². The molecule has 0 fully saturated rings. The summed E-state index contributed by atoms with van der Waals surface area (Å²) in [4.78, 5) is 16.9. The van der Waals surface area contributed by atoms with Gasteiger partial charge in [0.05, 0.1) is 31.1 Å². The Balaban J connectivity index is 2.09. The lowest BCUT2D eigenvalue weighted by Crippen LogP contribution is -2.31. The van der Waals surface area contributed by atoms with Crippen LogP contribution in [-0.2, 0) is 14.3 Å². The highest BCUT2D eigenvalue weighted by Gasteiger charge is 2.35. The molecule has 0 amide bonds. The Hall–Kier alpha value is -2.87. The number of fused-ring (bicyclic) bond motifs is 1. The minimum Gasteiger partial charge on any atom is -0.494 e. The maximum absolute atomic E-state index is 12.7. The topological polar surface area (TPSA) is 87.5 Å². The number of anilines is 1. The van der Waals surface area contributed by atoms with E-state index in [2.05, 4.69) is 15.4 Å². The molecule has 138 valence electrons. The van der Waals surface area contributed by atoms with Gasteiger partial charge in [0.15, 0.2) is 0 Å². The number of ether oxygens (including phenoxy) is 3. The minimum absolute atomic E-state index is 0.231. The third kappa shape index (κ3) is 3.41. The molecule has 8 heteroatoms.